The van der Waals surface area contributed by atoms with Crippen LogP contribution in [0.15, 0.2) is 24.4 Å². The Morgan fingerprint density at radius 3 is 2.47 bits per heavy atom. The Bertz CT molecular complexity index is 548. The highest BCUT2D eigenvalue weighted by atomic mass is 35.5. The van der Waals surface area contributed by atoms with Crippen LogP contribution in [0.3, 0.4) is 0 Å². The number of nitrogen functional groups attached to an aromatic ring is 1. The van der Waals surface area contributed by atoms with E-state index in [0.717, 1.165) is 12.1 Å². The van der Waals surface area contributed by atoms with Crippen LogP contribution in [0.2, 0.25) is 5.02 Å². The van der Waals surface area contributed by atoms with Crippen molar-refractivity contribution in [2.75, 3.05) is 5.73 Å². The van der Waals surface area contributed by atoms with Gasteiger partial charge in [0, 0.05) is 10.6 Å². The minimum atomic E-state index is -4.45. The summed E-state index contributed by atoms with van der Waals surface area (Å²) >= 11 is 5.65. The van der Waals surface area contributed by atoms with Crippen LogP contribution in [0.4, 0.5) is 19.0 Å². The van der Waals surface area contributed by atoms with Gasteiger partial charge >= 0.3 is 6.18 Å². The minimum Gasteiger partial charge on any atom is -0.384 e. The van der Waals surface area contributed by atoms with Gasteiger partial charge in [0.05, 0.1) is 11.8 Å². The van der Waals surface area contributed by atoms with Crippen molar-refractivity contribution in [3.05, 3.63) is 35.0 Å². The van der Waals surface area contributed by atoms with E-state index >= 15 is 0 Å². The summed E-state index contributed by atoms with van der Waals surface area (Å²) in [5.74, 6) is 0.195. The van der Waals surface area contributed by atoms with E-state index in [4.69, 9.17) is 17.3 Å². The molecule has 2 aromatic rings. The number of anilines is 1. The molecule has 0 radical (unpaired) electrons. The van der Waals surface area contributed by atoms with Crippen LogP contribution in [-0.2, 0) is 6.18 Å². The number of aromatic nitrogens is 2. The first-order chi connectivity index (χ1) is 7.88. The fourth-order valence-electron chi connectivity index (χ4n) is 1.43. The van der Waals surface area contributed by atoms with Crippen molar-refractivity contribution >= 4 is 17.4 Å². The molecule has 17 heavy (non-hydrogen) atoms. The molecule has 0 aliphatic rings. The second kappa shape index (κ2) is 3.96. The number of aromatic amines is 1. The fraction of sp³-hybridized carbons (Fsp3) is 0.100. The molecule has 0 atom stereocenters. The third-order valence-corrected chi connectivity index (χ3v) is 2.42. The van der Waals surface area contributed by atoms with Gasteiger partial charge in [-0.05, 0) is 23.8 Å². The second-order valence-electron chi connectivity index (χ2n) is 3.42. The lowest BCUT2D eigenvalue weighted by atomic mass is 10.1. The lowest BCUT2D eigenvalue weighted by molar-refractivity contribution is -0.137. The van der Waals surface area contributed by atoms with Crippen LogP contribution in [0, 0.1) is 0 Å². The molecule has 1 aromatic heterocycles. The van der Waals surface area contributed by atoms with E-state index in [1.807, 2.05) is 0 Å². The van der Waals surface area contributed by atoms with E-state index in [2.05, 4.69) is 10.2 Å². The average Bonchev–Trinajstić information content (AvgIpc) is 2.62. The van der Waals surface area contributed by atoms with Gasteiger partial charge in [-0.1, -0.05) is 11.6 Å². The summed E-state index contributed by atoms with van der Waals surface area (Å²) in [6, 6.07) is 3.24. The number of nitrogens with zero attached hydrogens (tertiary/aromatic N) is 1. The summed E-state index contributed by atoms with van der Waals surface area (Å²) in [7, 11) is 0. The molecule has 2 rings (SSSR count). The molecule has 3 N–H and O–H groups in total. The maximum absolute atomic E-state index is 12.6. The van der Waals surface area contributed by atoms with Gasteiger partial charge in [0.15, 0.2) is 0 Å². The predicted octanol–water partition coefficient (Wildman–Crippen LogP) is 3.33. The Balaban J connectivity index is 2.57. The number of nitrogens with one attached hydrogen (secondary N) is 1. The van der Waals surface area contributed by atoms with Gasteiger partial charge in [-0.25, -0.2) is 0 Å². The van der Waals surface area contributed by atoms with E-state index in [-0.39, 0.29) is 16.4 Å². The normalized spacial score (nSPS) is 11.8. The second-order valence-corrected chi connectivity index (χ2v) is 3.86. The van der Waals surface area contributed by atoms with Gasteiger partial charge in [-0.15, -0.1) is 0 Å². The molecular weight excluding hydrogens is 255 g/mol. The number of hydrogen-bond acceptors (Lipinski definition) is 2. The van der Waals surface area contributed by atoms with Crippen molar-refractivity contribution in [1.29, 1.82) is 0 Å². The van der Waals surface area contributed by atoms with E-state index in [9.17, 15) is 13.2 Å². The van der Waals surface area contributed by atoms with E-state index < -0.39 is 11.7 Å². The maximum atomic E-state index is 12.6. The smallest absolute Gasteiger partial charge is 0.384 e. The standard InChI is InChI=1S/C10H7ClF3N3/c11-7-2-5(8-4-16-17-9(8)15)1-6(3-7)10(12,13)14/h1-4H,(H3,15,16,17). The zero-order chi connectivity index (χ0) is 12.6. The Morgan fingerprint density at radius 1 is 1.24 bits per heavy atom. The first-order valence-corrected chi connectivity index (χ1v) is 4.93. The summed E-state index contributed by atoms with van der Waals surface area (Å²) in [6.07, 6.45) is -3.10. The van der Waals surface area contributed by atoms with Crippen LogP contribution in [0.5, 0.6) is 0 Å². The van der Waals surface area contributed by atoms with Gasteiger partial charge in [0.1, 0.15) is 5.82 Å². The number of hydrogen-bond donors (Lipinski definition) is 2. The van der Waals surface area contributed by atoms with Crippen molar-refractivity contribution < 1.29 is 13.2 Å². The summed E-state index contributed by atoms with van der Waals surface area (Å²) in [5.41, 5.74) is 5.38. The molecule has 0 fully saturated rings. The highest BCUT2D eigenvalue weighted by Gasteiger charge is 2.31. The highest BCUT2D eigenvalue weighted by molar-refractivity contribution is 6.31. The molecule has 3 nitrogen and oxygen atoms in total. The molecule has 0 saturated carbocycles. The lowest BCUT2D eigenvalue weighted by Crippen LogP contribution is -2.05. The van der Waals surface area contributed by atoms with E-state index in [0.29, 0.717) is 5.56 Å². The molecule has 1 aromatic carbocycles. The average molecular weight is 262 g/mol. The Morgan fingerprint density at radius 2 is 1.94 bits per heavy atom. The summed E-state index contributed by atoms with van der Waals surface area (Å²) in [6.45, 7) is 0. The molecule has 0 spiro atoms. The predicted molar refractivity (Wildman–Crippen MR) is 58.4 cm³/mol. The van der Waals surface area contributed by atoms with Crippen LogP contribution in [-0.4, -0.2) is 10.2 Å². The molecular formula is C10H7ClF3N3. The SMILES string of the molecule is Nc1[nH]ncc1-c1cc(Cl)cc(C(F)(F)F)c1. The zero-order valence-corrected chi connectivity index (χ0v) is 9.10. The van der Waals surface area contributed by atoms with E-state index in [1.165, 1.54) is 12.3 Å². The molecule has 90 valence electrons. The minimum absolute atomic E-state index is 0.00424. The van der Waals surface area contributed by atoms with Crippen LogP contribution in [0.1, 0.15) is 5.56 Å². The Labute approximate surface area is 99.4 Å². The quantitative estimate of drug-likeness (QED) is 0.827. The summed E-state index contributed by atoms with van der Waals surface area (Å²) in [5, 5.41) is 6.09. The van der Waals surface area contributed by atoms with Crippen LogP contribution >= 0.6 is 11.6 Å². The topological polar surface area (TPSA) is 54.7 Å². The molecule has 1 heterocycles. The van der Waals surface area contributed by atoms with Crippen LogP contribution in [0.25, 0.3) is 11.1 Å². The molecule has 0 aliphatic heterocycles. The van der Waals surface area contributed by atoms with Gasteiger partial charge in [-0.3, -0.25) is 5.10 Å². The van der Waals surface area contributed by atoms with Gasteiger partial charge in [-0.2, -0.15) is 18.3 Å². The van der Waals surface area contributed by atoms with Crippen molar-refractivity contribution in [3.8, 4) is 11.1 Å². The number of H-pyrrole nitrogens is 1. The monoisotopic (exact) mass is 261 g/mol. The molecule has 7 heteroatoms. The maximum Gasteiger partial charge on any atom is 0.416 e. The fourth-order valence-corrected chi connectivity index (χ4v) is 1.67. The van der Waals surface area contributed by atoms with Crippen molar-refractivity contribution in [1.82, 2.24) is 10.2 Å². The van der Waals surface area contributed by atoms with Crippen molar-refractivity contribution in [3.63, 3.8) is 0 Å². The third-order valence-electron chi connectivity index (χ3n) is 2.20. The van der Waals surface area contributed by atoms with Crippen molar-refractivity contribution in [2.24, 2.45) is 0 Å². The Kier molecular flexibility index (Phi) is 2.74. The van der Waals surface area contributed by atoms with Gasteiger partial charge < -0.3 is 5.73 Å². The molecule has 0 saturated heterocycles. The molecule has 0 unspecified atom stereocenters. The summed E-state index contributed by atoms with van der Waals surface area (Å²) in [4.78, 5) is 0. The Hall–Kier alpha value is -1.69. The van der Waals surface area contributed by atoms with Crippen molar-refractivity contribution in [2.45, 2.75) is 6.18 Å². The zero-order valence-electron chi connectivity index (χ0n) is 8.35. The number of rotatable bonds is 1. The molecule has 0 amide bonds. The highest BCUT2D eigenvalue weighted by Crippen LogP contribution is 2.35. The number of nitrogens with two attached hydrogens (primary N) is 1. The third kappa shape index (κ3) is 2.36. The molecule has 0 bridgehead atoms. The molecule has 0 aliphatic carbocycles. The van der Waals surface area contributed by atoms with E-state index in [1.54, 1.807) is 0 Å². The number of halogens is 4. The first kappa shape index (κ1) is 11.8. The largest absolute Gasteiger partial charge is 0.416 e. The number of benzene rings is 1. The number of alkyl halides is 3. The van der Waals surface area contributed by atoms with Crippen LogP contribution < -0.4 is 5.73 Å². The summed E-state index contributed by atoms with van der Waals surface area (Å²) < 4.78 is 37.7. The van der Waals surface area contributed by atoms with Gasteiger partial charge in [0.25, 0.3) is 0 Å². The first-order valence-electron chi connectivity index (χ1n) is 4.55. The lowest BCUT2D eigenvalue weighted by Gasteiger charge is -2.09. The van der Waals surface area contributed by atoms with Gasteiger partial charge in [0.2, 0.25) is 0 Å².